The van der Waals surface area contributed by atoms with Crippen molar-refractivity contribution in [3.63, 3.8) is 0 Å². The number of benzene rings is 1. The summed E-state index contributed by atoms with van der Waals surface area (Å²) in [7, 11) is 0. The van der Waals surface area contributed by atoms with Crippen molar-refractivity contribution < 1.29 is 9.53 Å². The maximum Gasteiger partial charge on any atom is 0.251 e. The van der Waals surface area contributed by atoms with Crippen molar-refractivity contribution in [3.05, 3.63) is 34.9 Å². The van der Waals surface area contributed by atoms with Crippen LogP contribution in [0.25, 0.3) is 0 Å². The van der Waals surface area contributed by atoms with Crippen molar-refractivity contribution in [1.29, 1.82) is 0 Å². The molecule has 1 heterocycles. The van der Waals surface area contributed by atoms with Crippen molar-refractivity contribution >= 4 is 5.91 Å². The first kappa shape index (κ1) is 11.1. The van der Waals surface area contributed by atoms with Gasteiger partial charge in [0.15, 0.2) is 0 Å². The van der Waals surface area contributed by atoms with E-state index in [0.29, 0.717) is 25.3 Å². The first-order chi connectivity index (χ1) is 7.70. The molecule has 1 aromatic carbocycles. The van der Waals surface area contributed by atoms with Crippen LogP contribution in [0.5, 0.6) is 0 Å². The summed E-state index contributed by atoms with van der Waals surface area (Å²) in [5.41, 5.74) is 8.40. The van der Waals surface area contributed by atoms with Gasteiger partial charge in [-0.25, -0.2) is 0 Å². The second-order valence-corrected chi connectivity index (χ2v) is 4.09. The Morgan fingerprint density at radius 3 is 3.00 bits per heavy atom. The Morgan fingerprint density at radius 1 is 1.50 bits per heavy atom. The van der Waals surface area contributed by atoms with E-state index in [0.717, 1.165) is 5.56 Å². The Balaban J connectivity index is 2.12. The summed E-state index contributed by atoms with van der Waals surface area (Å²) in [5.74, 6) is -0.0762. The number of hydrogen-bond acceptors (Lipinski definition) is 3. The smallest absolute Gasteiger partial charge is 0.251 e. The highest BCUT2D eigenvalue weighted by atomic mass is 16.5. The molecule has 4 nitrogen and oxygen atoms in total. The summed E-state index contributed by atoms with van der Waals surface area (Å²) >= 11 is 0. The van der Waals surface area contributed by atoms with Gasteiger partial charge in [-0.2, -0.15) is 0 Å². The van der Waals surface area contributed by atoms with Crippen molar-refractivity contribution in [2.24, 2.45) is 5.73 Å². The Morgan fingerprint density at radius 2 is 2.25 bits per heavy atom. The van der Waals surface area contributed by atoms with E-state index >= 15 is 0 Å². The lowest BCUT2D eigenvalue weighted by molar-refractivity contribution is 0.0941. The van der Waals surface area contributed by atoms with Crippen LogP contribution < -0.4 is 11.1 Å². The lowest BCUT2D eigenvalue weighted by atomic mass is 10.1. The van der Waals surface area contributed by atoms with Gasteiger partial charge in [0.1, 0.15) is 0 Å². The molecule has 1 aliphatic heterocycles. The lowest BCUT2D eigenvalue weighted by Crippen LogP contribution is -2.37. The van der Waals surface area contributed by atoms with Gasteiger partial charge in [0, 0.05) is 18.2 Å². The first-order valence-electron chi connectivity index (χ1n) is 5.41. The molecular formula is C12H16N2O2. The number of amides is 1. The average Bonchev–Trinajstić information content (AvgIpc) is 2.75. The van der Waals surface area contributed by atoms with Gasteiger partial charge in [-0.15, -0.1) is 0 Å². The van der Waals surface area contributed by atoms with Crippen LogP contribution >= 0.6 is 0 Å². The van der Waals surface area contributed by atoms with Crippen LogP contribution in [0.4, 0.5) is 0 Å². The minimum absolute atomic E-state index is 0.00277. The normalized spacial score (nSPS) is 15.6. The zero-order valence-electron chi connectivity index (χ0n) is 9.32. The standard InChI is InChI=1S/C12H16N2O2/c1-8(5-13)14-12(15)9-2-3-10-6-16-7-11(10)4-9/h2-4,8H,5-7,13H2,1H3,(H,14,15)/t8-/m1/s1. The van der Waals surface area contributed by atoms with Crippen LogP contribution in [0.3, 0.4) is 0 Å². The molecule has 0 radical (unpaired) electrons. The molecule has 0 aromatic heterocycles. The highest BCUT2D eigenvalue weighted by Gasteiger charge is 2.14. The number of nitrogens with two attached hydrogens (primary N) is 1. The number of fused-ring (bicyclic) bond motifs is 1. The van der Waals surface area contributed by atoms with Gasteiger partial charge < -0.3 is 15.8 Å². The lowest BCUT2D eigenvalue weighted by Gasteiger charge is -2.11. The highest BCUT2D eigenvalue weighted by Crippen LogP contribution is 2.20. The monoisotopic (exact) mass is 220 g/mol. The third-order valence-corrected chi connectivity index (χ3v) is 2.71. The molecule has 0 spiro atoms. The molecule has 1 atom stereocenters. The Hall–Kier alpha value is -1.39. The van der Waals surface area contributed by atoms with E-state index in [1.165, 1.54) is 5.56 Å². The number of carbonyl (C=O) groups is 1. The summed E-state index contributed by atoms with van der Waals surface area (Å²) < 4.78 is 5.30. The van der Waals surface area contributed by atoms with Crippen LogP contribution in [0, 0.1) is 0 Å². The predicted octanol–water partition coefficient (Wildman–Crippen LogP) is 0.794. The largest absolute Gasteiger partial charge is 0.372 e. The van der Waals surface area contributed by atoms with E-state index in [-0.39, 0.29) is 11.9 Å². The van der Waals surface area contributed by atoms with Gasteiger partial charge in [-0.05, 0) is 30.2 Å². The zero-order valence-corrected chi connectivity index (χ0v) is 9.32. The molecule has 16 heavy (non-hydrogen) atoms. The molecule has 1 amide bonds. The fraction of sp³-hybridized carbons (Fsp3) is 0.417. The number of rotatable bonds is 3. The average molecular weight is 220 g/mol. The fourth-order valence-corrected chi connectivity index (χ4v) is 1.68. The minimum Gasteiger partial charge on any atom is -0.372 e. The zero-order chi connectivity index (χ0) is 11.5. The molecule has 4 heteroatoms. The molecular weight excluding hydrogens is 204 g/mol. The molecule has 0 unspecified atom stereocenters. The summed E-state index contributed by atoms with van der Waals surface area (Å²) in [6.07, 6.45) is 0. The van der Waals surface area contributed by atoms with E-state index in [1.807, 2.05) is 25.1 Å². The van der Waals surface area contributed by atoms with Crippen molar-refractivity contribution in [1.82, 2.24) is 5.32 Å². The van der Waals surface area contributed by atoms with Crippen molar-refractivity contribution in [3.8, 4) is 0 Å². The third kappa shape index (κ3) is 2.23. The number of nitrogens with one attached hydrogen (secondary N) is 1. The molecule has 1 aromatic rings. The highest BCUT2D eigenvalue weighted by molar-refractivity contribution is 5.94. The van der Waals surface area contributed by atoms with Crippen LogP contribution in [-0.2, 0) is 18.0 Å². The first-order valence-corrected chi connectivity index (χ1v) is 5.41. The summed E-state index contributed by atoms with van der Waals surface area (Å²) in [6, 6.07) is 5.66. The molecule has 86 valence electrons. The molecule has 0 fully saturated rings. The minimum atomic E-state index is -0.0762. The molecule has 3 N–H and O–H groups in total. The van der Waals surface area contributed by atoms with Gasteiger partial charge in [-0.1, -0.05) is 6.07 Å². The van der Waals surface area contributed by atoms with Gasteiger partial charge in [-0.3, -0.25) is 4.79 Å². The topological polar surface area (TPSA) is 64.3 Å². The van der Waals surface area contributed by atoms with Crippen LogP contribution in [-0.4, -0.2) is 18.5 Å². The molecule has 2 rings (SSSR count). The fourth-order valence-electron chi connectivity index (χ4n) is 1.68. The second kappa shape index (κ2) is 4.63. The predicted molar refractivity (Wildman–Crippen MR) is 60.9 cm³/mol. The van der Waals surface area contributed by atoms with E-state index in [9.17, 15) is 4.79 Å². The van der Waals surface area contributed by atoms with Crippen molar-refractivity contribution in [2.45, 2.75) is 26.2 Å². The van der Waals surface area contributed by atoms with Crippen LogP contribution in [0.1, 0.15) is 28.4 Å². The summed E-state index contributed by atoms with van der Waals surface area (Å²) in [4.78, 5) is 11.8. The van der Waals surface area contributed by atoms with Gasteiger partial charge in [0.2, 0.25) is 0 Å². The van der Waals surface area contributed by atoms with Crippen LogP contribution in [0.15, 0.2) is 18.2 Å². The molecule has 0 saturated heterocycles. The quantitative estimate of drug-likeness (QED) is 0.791. The molecule has 0 bridgehead atoms. The SMILES string of the molecule is C[C@H](CN)NC(=O)c1ccc2c(c1)COC2. The third-order valence-electron chi connectivity index (χ3n) is 2.71. The molecule has 1 aliphatic rings. The Labute approximate surface area is 94.8 Å². The maximum absolute atomic E-state index is 11.8. The Kier molecular flexibility index (Phi) is 3.22. The second-order valence-electron chi connectivity index (χ2n) is 4.09. The molecule has 0 aliphatic carbocycles. The van der Waals surface area contributed by atoms with E-state index in [4.69, 9.17) is 10.5 Å². The van der Waals surface area contributed by atoms with Gasteiger partial charge >= 0.3 is 0 Å². The van der Waals surface area contributed by atoms with Crippen LogP contribution in [0.2, 0.25) is 0 Å². The number of hydrogen-bond donors (Lipinski definition) is 2. The van der Waals surface area contributed by atoms with E-state index in [2.05, 4.69) is 5.32 Å². The maximum atomic E-state index is 11.8. The van der Waals surface area contributed by atoms with E-state index < -0.39 is 0 Å². The van der Waals surface area contributed by atoms with Crippen molar-refractivity contribution in [2.75, 3.05) is 6.54 Å². The summed E-state index contributed by atoms with van der Waals surface area (Å²) in [6.45, 7) is 3.58. The van der Waals surface area contributed by atoms with Gasteiger partial charge in [0.25, 0.3) is 5.91 Å². The Bertz CT molecular complexity index is 404. The van der Waals surface area contributed by atoms with Gasteiger partial charge in [0.05, 0.1) is 13.2 Å². The number of carbonyl (C=O) groups excluding carboxylic acids is 1. The molecule has 0 saturated carbocycles. The number of ether oxygens (including phenoxy) is 1. The summed E-state index contributed by atoms with van der Waals surface area (Å²) in [5, 5.41) is 2.83. The van der Waals surface area contributed by atoms with E-state index in [1.54, 1.807) is 0 Å².